The van der Waals surface area contributed by atoms with Crippen LogP contribution in [-0.2, 0) is 4.74 Å². The van der Waals surface area contributed by atoms with E-state index in [-0.39, 0.29) is 6.17 Å². The van der Waals surface area contributed by atoms with Crippen molar-refractivity contribution < 1.29 is 4.74 Å². The smallest absolute Gasteiger partial charge is 0.127 e. The van der Waals surface area contributed by atoms with Gasteiger partial charge in [-0.25, -0.2) is 4.99 Å². The first-order valence-corrected chi connectivity index (χ1v) is 6.04. The van der Waals surface area contributed by atoms with E-state index in [2.05, 4.69) is 20.5 Å². The summed E-state index contributed by atoms with van der Waals surface area (Å²) in [7, 11) is 1.68. The van der Waals surface area contributed by atoms with E-state index in [1.165, 1.54) is 0 Å². The van der Waals surface area contributed by atoms with E-state index in [1.54, 1.807) is 7.11 Å². The van der Waals surface area contributed by atoms with E-state index in [4.69, 9.17) is 10.5 Å². The summed E-state index contributed by atoms with van der Waals surface area (Å²) in [6.45, 7) is 3.46. The van der Waals surface area contributed by atoms with Crippen LogP contribution in [0, 0.1) is 0 Å². The molecule has 17 heavy (non-hydrogen) atoms. The van der Waals surface area contributed by atoms with Crippen molar-refractivity contribution in [3.05, 3.63) is 11.9 Å². The van der Waals surface area contributed by atoms with Gasteiger partial charge in [-0.1, -0.05) is 0 Å². The number of hydrogen-bond acceptors (Lipinski definition) is 6. The van der Waals surface area contributed by atoms with Crippen LogP contribution in [0.2, 0.25) is 0 Å². The van der Waals surface area contributed by atoms with Crippen LogP contribution < -0.4 is 16.4 Å². The van der Waals surface area contributed by atoms with Crippen molar-refractivity contribution in [2.24, 2.45) is 10.7 Å². The Bertz CT molecular complexity index is 298. The van der Waals surface area contributed by atoms with Crippen LogP contribution >= 0.6 is 0 Å². The lowest BCUT2D eigenvalue weighted by Crippen LogP contribution is -2.49. The lowest BCUT2D eigenvalue weighted by atomic mass is 10.2. The molecule has 0 radical (unpaired) electrons. The van der Waals surface area contributed by atoms with E-state index in [1.807, 2.05) is 12.4 Å². The average Bonchev–Trinajstić information content (AvgIpc) is 2.83. The summed E-state index contributed by atoms with van der Waals surface area (Å²) in [6, 6.07) is 0.463. The van der Waals surface area contributed by atoms with Gasteiger partial charge >= 0.3 is 0 Å². The van der Waals surface area contributed by atoms with Gasteiger partial charge in [-0.05, 0) is 19.0 Å². The third-order valence-corrected chi connectivity index (χ3v) is 3.07. The lowest BCUT2D eigenvalue weighted by molar-refractivity contribution is 0.201. The number of nitrogens with two attached hydrogens (primary N) is 1. The molecule has 0 aromatic heterocycles. The molecule has 1 unspecified atom stereocenters. The zero-order chi connectivity index (χ0) is 12.1. The molecule has 6 nitrogen and oxygen atoms in total. The number of nitrogens with one attached hydrogen (secondary N) is 2. The Labute approximate surface area is 102 Å². The van der Waals surface area contributed by atoms with Gasteiger partial charge in [-0.3, -0.25) is 0 Å². The Morgan fingerprint density at radius 3 is 3.24 bits per heavy atom. The van der Waals surface area contributed by atoms with Crippen molar-refractivity contribution in [2.45, 2.75) is 18.6 Å². The van der Waals surface area contributed by atoms with E-state index in [0.29, 0.717) is 12.6 Å². The molecule has 2 aliphatic heterocycles. The van der Waals surface area contributed by atoms with E-state index >= 15 is 0 Å². The maximum Gasteiger partial charge on any atom is 0.127 e. The molecule has 4 N–H and O–H groups in total. The van der Waals surface area contributed by atoms with E-state index < -0.39 is 0 Å². The molecule has 2 heterocycles. The molecular weight excluding hydrogens is 218 g/mol. The second-order valence-electron chi connectivity index (χ2n) is 4.30. The third-order valence-electron chi connectivity index (χ3n) is 3.07. The van der Waals surface area contributed by atoms with Crippen LogP contribution in [0.3, 0.4) is 0 Å². The highest BCUT2D eigenvalue weighted by Crippen LogP contribution is 2.13. The zero-order valence-electron chi connectivity index (χ0n) is 10.2. The molecule has 0 aromatic carbocycles. The Balaban J connectivity index is 1.85. The molecule has 0 aliphatic carbocycles. The Hall–Kier alpha value is -1.11. The summed E-state index contributed by atoms with van der Waals surface area (Å²) in [5, 5.41) is 6.51. The fourth-order valence-electron chi connectivity index (χ4n) is 2.11. The van der Waals surface area contributed by atoms with Crippen LogP contribution in [0.4, 0.5) is 0 Å². The summed E-state index contributed by atoms with van der Waals surface area (Å²) in [5.74, 6) is 0.830. The minimum atomic E-state index is -0.0950. The van der Waals surface area contributed by atoms with Gasteiger partial charge in [-0.2, -0.15) is 0 Å². The van der Waals surface area contributed by atoms with Crippen molar-refractivity contribution in [1.29, 1.82) is 0 Å². The predicted octanol–water partition coefficient (Wildman–Crippen LogP) is -0.946. The molecule has 0 amide bonds. The van der Waals surface area contributed by atoms with E-state index in [0.717, 1.165) is 31.9 Å². The summed E-state index contributed by atoms with van der Waals surface area (Å²) in [6.07, 6.45) is 4.83. The van der Waals surface area contributed by atoms with Crippen LogP contribution in [0.15, 0.2) is 16.9 Å². The van der Waals surface area contributed by atoms with Crippen molar-refractivity contribution in [1.82, 2.24) is 15.5 Å². The highest BCUT2D eigenvalue weighted by Gasteiger charge is 2.25. The summed E-state index contributed by atoms with van der Waals surface area (Å²) in [4.78, 5) is 6.48. The molecule has 0 spiro atoms. The molecule has 2 rings (SSSR count). The molecule has 2 atom stereocenters. The summed E-state index contributed by atoms with van der Waals surface area (Å²) in [5.41, 5.74) is 6.11. The van der Waals surface area contributed by atoms with Crippen LogP contribution in [0.1, 0.15) is 6.42 Å². The number of aliphatic imine (C=N–C) groups is 1. The van der Waals surface area contributed by atoms with Gasteiger partial charge in [0.25, 0.3) is 0 Å². The molecule has 96 valence electrons. The maximum atomic E-state index is 6.11. The Morgan fingerprint density at radius 1 is 1.71 bits per heavy atom. The largest absolute Gasteiger partial charge is 0.383 e. The van der Waals surface area contributed by atoms with Gasteiger partial charge in [0, 0.05) is 26.2 Å². The number of rotatable bonds is 5. The minimum Gasteiger partial charge on any atom is -0.383 e. The molecule has 2 aliphatic rings. The first-order valence-electron chi connectivity index (χ1n) is 6.04. The topological polar surface area (TPSA) is 74.9 Å². The van der Waals surface area contributed by atoms with Crippen LogP contribution in [-0.4, -0.2) is 56.8 Å². The monoisotopic (exact) mass is 239 g/mol. The fraction of sp³-hybridized carbons (Fsp3) is 0.727. The molecule has 1 fully saturated rings. The zero-order valence-corrected chi connectivity index (χ0v) is 10.2. The quantitative estimate of drug-likeness (QED) is 0.540. The highest BCUT2D eigenvalue weighted by atomic mass is 16.5. The maximum absolute atomic E-state index is 6.11. The van der Waals surface area contributed by atoms with Crippen LogP contribution in [0.5, 0.6) is 0 Å². The number of methoxy groups -OCH3 is 1. The fourth-order valence-corrected chi connectivity index (χ4v) is 2.11. The number of nitrogens with zero attached hydrogens (tertiary/aromatic N) is 2. The molecule has 6 heteroatoms. The Kier molecular flexibility index (Phi) is 4.36. The van der Waals surface area contributed by atoms with Gasteiger partial charge in [0.15, 0.2) is 0 Å². The third kappa shape index (κ3) is 3.18. The second-order valence-corrected chi connectivity index (χ2v) is 4.30. The summed E-state index contributed by atoms with van der Waals surface area (Å²) < 4.78 is 4.97. The first-order chi connectivity index (χ1) is 8.31. The van der Waals surface area contributed by atoms with Gasteiger partial charge < -0.3 is 26.0 Å². The van der Waals surface area contributed by atoms with Crippen molar-refractivity contribution in [3.63, 3.8) is 0 Å². The molecule has 0 bridgehead atoms. The van der Waals surface area contributed by atoms with Crippen molar-refractivity contribution in [3.8, 4) is 0 Å². The average molecular weight is 239 g/mol. The SMILES string of the molecule is COCCNC1=CC(N)N([C@H]2CCNC2)C=N1. The lowest BCUT2D eigenvalue weighted by Gasteiger charge is -2.33. The van der Waals surface area contributed by atoms with Crippen LogP contribution in [0.25, 0.3) is 0 Å². The van der Waals surface area contributed by atoms with E-state index in [9.17, 15) is 0 Å². The van der Waals surface area contributed by atoms with Crippen molar-refractivity contribution >= 4 is 6.34 Å². The van der Waals surface area contributed by atoms with Gasteiger partial charge in [0.05, 0.1) is 12.9 Å². The standard InChI is InChI=1S/C11H21N5O/c1-17-5-4-14-11-6-10(12)16(8-15-11)9-2-3-13-7-9/h6,8-10,13-14H,2-5,7,12H2,1H3/t9-,10?/m0/s1. The first kappa shape index (κ1) is 12.3. The van der Waals surface area contributed by atoms with Gasteiger partial charge in [-0.15, -0.1) is 0 Å². The number of hydrogen-bond donors (Lipinski definition) is 3. The predicted molar refractivity (Wildman–Crippen MR) is 67.5 cm³/mol. The molecule has 0 aromatic rings. The normalized spacial score (nSPS) is 28.4. The van der Waals surface area contributed by atoms with Crippen molar-refractivity contribution in [2.75, 3.05) is 33.4 Å². The van der Waals surface area contributed by atoms with Gasteiger partial charge in [0.2, 0.25) is 0 Å². The Morgan fingerprint density at radius 2 is 2.59 bits per heavy atom. The molecule has 0 saturated carbocycles. The highest BCUT2D eigenvalue weighted by molar-refractivity contribution is 5.60. The summed E-state index contributed by atoms with van der Waals surface area (Å²) >= 11 is 0. The molecule has 1 saturated heterocycles. The van der Waals surface area contributed by atoms with Gasteiger partial charge in [0.1, 0.15) is 12.0 Å². The minimum absolute atomic E-state index is 0.0950. The molecular formula is C11H21N5O. The second kappa shape index (κ2) is 6.00. The number of ether oxygens (including phenoxy) is 1.